The summed E-state index contributed by atoms with van der Waals surface area (Å²) < 4.78 is 0. The Hall–Kier alpha value is -5.27. The number of nitrogens with two attached hydrogens (primary N) is 2. The fourth-order valence-electron chi connectivity index (χ4n) is 5.66. The topological polar surface area (TPSA) is 317 Å². The largest absolute Gasteiger partial charge is 0.480 e. The van der Waals surface area contributed by atoms with Gasteiger partial charge in [0, 0.05) is 24.9 Å². The standard InChI is InChI=1S/C34H58N12O8/c1-18(2)12-24(45-30(50)22-8-6-10-38-22)29(49)40-16-27(47)43-25(13-19(3)4)32(52)46-26(14-21-15-37-17-41-21)31(51)42-20(5)28(48)44-23(33(53)54)9-7-11-39-34(35)36/h15,17-20,22-26,38H,6-14,16H2,1-5H3,(H,37,41)(H,40,49)(H,42,51)(H,43,47)(H,44,48)(H,45,50)(H,46,52)(H,53,54)(H4,35,36,39)/t20-,22-,23-,24-,25-,26-/m0/s1. The summed E-state index contributed by atoms with van der Waals surface area (Å²) in [6.45, 7) is 9.27. The minimum atomic E-state index is -1.28. The fourth-order valence-corrected chi connectivity index (χ4v) is 5.66. The van der Waals surface area contributed by atoms with Gasteiger partial charge in [-0.05, 0) is 63.8 Å². The first-order chi connectivity index (χ1) is 25.5. The zero-order valence-corrected chi connectivity index (χ0v) is 31.7. The van der Waals surface area contributed by atoms with E-state index in [1.807, 2.05) is 27.7 Å². The second kappa shape index (κ2) is 22.7. The van der Waals surface area contributed by atoms with Crippen molar-refractivity contribution in [2.45, 2.75) is 116 Å². The predicted octanol–water partition coefficient (Wildman–Crippen LogP) is -2.51. The van der Waals surface area contributed by atoms with E-state index in [-0.39, 0.29) is 62.0 Å². The number of aliphatic carboxylic acids is 1. The van der Waals surface area contributed by atoms with Crippen molar-refractivity contribution in [3.8, 4) is 0 Å². The maximum Gasteiger partial charge on any atom is 0.326 e. The molecule has 1 aromatic rings. The molecular weight excluding hydrogens is 704 g/mol. The van der Waals surface area contributed by atoms with Crippen molar-refractivity contribution in [2.75, 3.05) is 19.6 Å². The number of amides is 6. The van der Waals surface area contributed by atoms with Gasteiger partial charge in [-0.25, -0.2) is 9.78 Å². The highest BCUT2D eigenvalue weighted by atomic mass is 16.4. The Morgan fingerprint density at radius 3 is 2.04 bits per heavy atom. The van der Waals surface area contributed by atoms with Crippen molar-refractivity contribution < 1.29 is 38.7 Å². The van der Waals surface area contributed by atoms with E-state index in [1.165, 1.54) is 19.4 Å². The van der Waals surface area contributed by atoms with Crippen molar-refractivity contribution >= 4 is 47.4 Å². The molecule has 1 fully saturated rings. The molecule has 0 radical (unpaired) electrons. The van der Waals surface area contributed by atoms with Crippen molar-refractivity contribution in [3.05, 3.63) is 18.2 Å². The van der Waals surface area contributed by atoms with Crippen LogP contribution in [-0.4, -0.2) is 118 Å². The van der Waals surface area contributed by atoms with Crippen LogP contribution in [-0.2, 0) is 40.0 Å². The molecule has 0 aliphatic carbocycles. The quantitative estimate of drug-likeness (QED) is 0.0313. The number of carboxylic acids is 1. The Labute approximate surface area is 315 Å². The van der Waals surface area contributed by atoms with E-state index < -0.39 is 72.3 Å². The van der Waals surface area contributed by atoms with Gasteiger partial charge in [0.15, 0.2) is 5.96 Å². The molecule has 1 aromatic heterocycles. The van der Waals surface area contributed by atoms with E-state index >= 15 is 0 Å². The Morgan fingerprint density at radius 1 is 0.852 bits per heavy atom. The van der Waals surface area contributed by atoms with Gasteiger partial charge in [-0.15, -0.1) is 0 Å². The number of carbonyl (C=O) groups is 7. The van der Waals surface area contributed by atoms with Crippen LogP contribution >= 0.6 is 0 Å². The smallest absolute Gasteiger partial charge is 0.326 e. The Balaban J connectivity index is 2.08. The van der Waals surface area contributed by atoms with E-state index in [0.717, 1.165) is 6.42 Å². The van der Waals surface area contributed by atoms with Crippen LogP contribution in [0.15, 0.2) is 17.5 Å². The summed E-state index contributed by atoms with van der Waals surface area (Å²) in [7, 11) is 0. The molecule has 1 saturated heterocycles. The molecule has 54 heavy (non-hydrogen) atoms. The van der Waals surface area contributed by atoms with E-state index in [4.69, 9.17) is 11.5 Å². The van der Waals surface area contributed by atoms with Gasteiger partial charge in [0.1, 0.15) is 30.2 Å². The number of aromatic nitrogens is 2. The number of H-pyrrole nitrogens is 1. The normalized spacial score (nSPS) is 16.6. The Morgan fingerprint density at radius 2 is 1.48 bits per heavy atom. The summed E-state index contributed by atoms with van der Waals surface area (Å²) in [5.74, 6) is -5.14. The molecule has 0 unspecified atom stereocenters. The molecule has 2 rings (SSSR count). The SMILES string of the molecule is CC(C)C[C@H](NC(=O)CNC(=O)[C@H](CC(C)C)NC(=O)[C@@H]1CCCN1)C(=O)N[C@@H](Cc1cnc[nH]1)C(=O)N[C@@H](C)C(=O)N[C@@H](CCCN=C(N)N)C(=O)O. The zero-order chi connectivity index (χ0) is 40.4. The van der Waals surface area contributed by atoms with E-state index in [1.54, 1.807) is 0 Å². The number of nitrogens with zero attached hydrogens (tertiary/aromatic N) is 2. The van der Waals surface area contributed by atoms with Crippen LogP contribution in [0.4, 0.5) is 0 Å². The van der Waals surface area contributed by atoms with Gasteiger partial charge in [-0.3, -0.25) is 33.8 Å². The van der Waals surface area contributed by atoms with Crippen LogP contribution < -0.4 is 48.7 Å². The first-order valence-electron chi connectivity index (χ1n) is 18.2. The summed E-state index contributed by atoms with van der Waals surface area (Å²) in [5.41, 5.74) is 11.1. The molecule has 0 aromatic carbocycles. The van der Waals surface area contributed by atoms with Crippen molar-refractivity contribution in [2.24, 2.45) is 28.3 Å². The third kappa shape index (κ3) is 16.6. The van der Waals surface area contributed by atoms with E-state index in [9.17, 15) is 38.7 Å². The van der Waals surface area contributed by atoms with Gasteiger partial charge >= 0.3 is 5.97 Å². The van der Waals surface area contributed by atoms with Crippen LogP contribution in [0.1, 0.15) is 78.8 Å². The van der Waals surface area contributed by atoms with Crippen molar-refractivity contribution in [3.63, 3.8) is 0 Å². The lowest BCUT2D eigenvalue weighted by Gasteiger charge is -2.26. The molecule has 20 nitrogen and oxygen atoms in total. The van der Waals surface area contributed by atoms with Crippen molar-refractivity contribution in [1.29, 1.82) is 0 Å². The van der Waals surface area contributed by atoms with Gasteiger partial charge < -0.3 is 58.8 Å². The monoisotopic (exact) mass is 762 g/mol. The molecule has 0 spiro atoms. The van der Waals surface area contributed by atoms with Crippen molar-refractivity contribution in [1.82, 2.24) is 47.2 Å². The number of aromatic amines is 1. The number of rotatable bonds is 23. The molecular formula is C34H58N12O8. The number of carbonyl (C=O) groups excluding carboxylic acids is 6. The number of hydrogen-bond donors (Lipinski definition) is 11. The summed E-state index contributed by atoms with van der Waals surface area (Å²) in [5, 5.41) is 28.2. The molecule has 6 amide bonds. The summed E-state index contributed by atoms with van der Waals surface area (Å²) >= 11 is 0. The Bertz CT molecular complexity index is 1440. The van der Waals surface area contributed by atoms with Crippen LogP contribution in [0.2, 0.25) is 0 Å². The first kappa shape index (κ1) is 44.9. The number of nitrogens with one attached hydrogen (secondary N) is 8. The lowest BCUT2D eigenvalue weighted by atomic mass is 10.0. The third-order valence-corrected chi connectivity index (χ3v) is 8.42. The number of aliphatic imine (C=N–C) groups is 1. The molecule has 2 heterocycles. The third-order valence-electron chi connectivity index (χ3n) is 8.42. The van der Waals surface area contributed by atoms with Gasteiger partial charge in [0.05, 0.1) is 18.9 Å². The number of hydrogen-bond acceptors (Lipinski definition) is 10. The summed E-state index contributed by atoms with van der Waals surface area (Å²) in [6, 6.07) is -6.07. The van der Waals surface area contributed by atoms with Gasteiger partial charge in [0.2, 0.25) is 35.4 Å². The molecule has 1 aliphatic rings. The second-order valence-corrected chi connectivity index (χ2v) is 14.2. The van der Waals surface area contributed by atoms with E-state index in [0.29, 0.717) is 25.1 Å². The average Bonchev–Trinajstić information content (AvgIpc) is 3.82. The molecule has 13 N–H and O–H groups in total. The zero-order valence-electron chi connectivity index (χ0n) is 31.7. The minimum Gasteiger partial charge on any atom is -0.480 e. The maximum absolute atomic E-state index is 13.6. The Kier molecular flexibility index (Phi) is 18.9. The fraction of sp³-hybridized carbons (Fsp3) is 0.676. The lowest BCUT2D eigenvalue weighted by Crippen LogP contribution is -2.58. The summed E-state index contributed by atoms with van der Waals surface area (Å²) in [4.78, 5) is 101. The number of imidazole rings is 1. The van der Waals surface area contributed by atoms with Gasteiger partial charge in [-0.1, -0.05) is 27.7 Å². The van der Waals surface area contributed by atoms with Crippen LogP contribution in [0, 0.1) is 11.8 Å². The highest BCUT2D eigenvalue weighted by molar-refractivity contribution is 5.96. The molecule has 302 valence electrons. The summed E-state index contributed by atoms with van der Waals surface area (Å²) in [6.07, 6.45) is 5.13. The molecule has 0 bridgehead atoms. The molecule has 0 saturated carbocycles. The average molecular weight is 763 g/mol. The molecule has 6 atom stereocenters. The van der Waals surface area contributed by atoms with Gasteiger partial charge in [-0.2, -0.15) is 0 Å². The van der Waals surface area contributed by atoms with Gasteiger partial charge in [0.25, 0.3) is 0 Å². The van der Waals surface area contributed by atoms with Crippen LogP contribution in [0.5, 0.6) is 0 Å². The lowest BCUT2D eigenvalue weighted by molar-refractivity contribution is -0.142. The minimum absolute atomic E-state index is 0.0247. The van der Waals surface area contributed by atoms with Crippen LogP contribution in [0.25, 0.3) is 0 Å². The maximum atomic E-state index is 13.6. The first-order valence-corrected chi connectivity index (χ1v) is 18.2. The number of carboxylic acid groups (broad SMARTS) is 1. The highest BCUT2D eigenvalue weighted by Crippen LogP contribution is 2.10. The molecule has 1 aliphatic heterocycles. The highest BCUT2D eigenvalue weighted by Gasteiger charge is 2.32. The molecule has 20 heteroatoms. The second-order valence-electron chi connectivity index (χ2n) is 14.2. The van der Waals surface area contributed by atoms with Crippen LogP contribution in [0.3, 0.4) is 0 Å². The number of guanidine groups is 1. The predicted molar refractivity (Wildman–Crippen MR) is 198 cm³/mol. The van der Waals surface area contributed by atoms with E-state index in [2.05, 4.69) is 52.2 Å².